The maximum atomic E-state index is 13.9. The smallest absolute Gasteiger partial charge is 0.343 e. The molecule has 0 atom stereocenters. The van der Waals surface area contributed by atoms with E-state index < -0.39 is 5.97 Å². The molecule has 1 aromatic carbocycles. The van der Waals surface area contributed by atoms with Gasteiger partial charge in [-0.2, -0.15) is 0 Å². The number of hydrogen-bond donors (Lipinski definition) is 0. The number of halogens is 1. The van der Waals surface area contributed by atoms with Crippen LogP contribution in [0.1, 0.15) is 34.5 Å². The zero-order chi connectivity index (χ0) is 22.5. The SMILES string of the molecule is COC(=O)c1c(OCCc2ccccc2F)cc(=O)n2c1CCN(C1CCOCC1)CC2. The van der Waals surface area contributed by atoms with Crippen molar-refractivity contribution in [3.63, 3.8) is 0 Å². The fourth-order valence-electron chi connectivity index (χ4n) is 4.59. The number of rotatable bonds is 6. The molecule has 2 aromatic rings. The minimum absolute atomic E-state index is 0.141. The van der Waals surface area contributed by atoms with Gasteiger partial charge in [0.05, 0.1) is 13.7 Å². The van der Waals surface area contributed by atoms with Crippen molar-refractivity contribution < 1.29 is 23.4 Å². The van der Waals surface area contributed by atoms with E-state index >= 15 is 0 Å². The number of methoxy groups -OCH3 is 1. The van der Waals surface area contributed by atoms with Crippen molar-refractivity contribution in [3.8, 4) is 5.75 Å². The van der Waals surface area contributed by atoms with Crippen LogP contribution in [-0.4, -0.2) is 61.5 Å². The molecule has 0 radical (unpaired) electrons. The van der Waals surface area contributed by atoms with Gasteiger partial charge in [-0.1, -0.05) is 18.2 Å². The molecule has 1 fully saturated rings. The Bertz CT molecular complexity index is 1020. The molecule has 0 unspecified atom stereocenters. The molecule has 172 valence electrons. The highest BCUT2D eigenvalue weighted by Crippen LogP contribution is 2.26. The van der Waals surface area contributed by atoms with Gasteiger partial charge in [-0.25, -0.2) is 9.18 Å². The van der Waals surface area contributed by atoms with Crippen LogP contribution in [0.15, 0.2) is 35.1 Å². The Balaban J connectivity index is 1.57. The Morgan fingerprint density at radius 2 is 1.97 bits per heavy atom. The summed E-state index contributed by atoms with van der Waals surface area (Å²) in [6, 6.07) is 8.25. The van der Waals surface area contributed by atoms with Gasteiger partial charge in [0.15, 0.2) is 0 Å². The highest BCUT2D eigenvalue weighted by molar-refractivity contribution is 5.93. The van der Waals surface area contributed by atoms with Crippen LogP contribution in [0.25, 0.3) is 0 Å². The van der Waals surface area contributed by atoms with Crippen molar-refractivity contribution in [3.05, 3.63) is 63.3 Å². The normalized spacial score (nSPS) is 17.4. The van der Waals surface area contributed by atoms with Gasteiger partial charge in [0.25, 0.3) is 5.56 Å². The topological polar surface area (TPSA) is 70.0 Å². The molecule has 1 aromatic heterocycles. The largest absolute Gasteiger partial charge is 0.492 e. The quantitative estimate of drug-likeness (QED) is 0.638. The fraction of sp³-hybridized carbons (Fsp3) is 0.500. The Hall–Kier alpha value is -2.71. The van der Waals surface area contributed by atoms with Crippen LogP contribution in [0.3, 0.4) is 0 Å². The summed E-state index contributed by atoms with van der Waals surface area (Å²) in [5, 5.41) is 0. The molecule has 4 rings (SSSR count). The predicted molar refractivity (Wildman–Crippen MR) is 117 cm³/mol. The molecule has 1 saturated heterocycles. The first-order valence-corrected chi connectivity index (χ1v) is 11.1. The molecular formula is C24H29FN2O5. The van der Waals surface area contributed by atoms with Crippen LogP contribution in [-0.2, 0) is 28.9 Å². The summed E-state index contributed by atoms with van der Waals surface area (Å²) in [6.45, 7) is 3.63. The van der Waals surface area contributed by atoms with Crippen LogP contribution in [0.4, 0.5) is 4.39 Å². The van der Waals surface area contributed by atoms with Crippen molar-refractivity contribution in [2.45, 2.75) is 38.3 Å². The summed E-state index contributed by atoms with van der Waals surface area (Å²) in [5.74, 6) is -0.641. The molecule has 7 nitrogen and oxygen atoms in total. The molecule has 2 aliphatic heterocycles. The van der Waals surface area contributed by atoms with Gasteiger partial charge in [-0.3, -0.25) is 9.69 Å². The molecule has 3 heterocycles. The minimum Gasteiger partial charge on any atom is -0.492 e. The summed E-state index contributed by atoms with van der Waals surface area (Å²) >= 11 is 0. The molecule has 8 heteroatoms. The van der Waals surface area contributed by atoms with E-state index in [1.54, 1.807) is 22.8 Å². The second kappa shape index (κ2) is 10.3. The molecule has 2 aliphatic rings. The second-order valence-corrected chi connectivity index (χ2v) is 8.13. The monoisotopic (exact) mass is 444 g/mol. The number of carbonyl (C=O) groups excluding carboxylic acids is 1. The Morgan fingerprint density at radius 3 is 2.72 bits per heavy atom. The third-order valence-electron chi connectivity index (χ3n) is 6.31. The van der Waals surface area contributed by atoms with E-state index in [9.17, 15) is 14.0 Å². The van der Waals surface area contributed by atoms with Crippen LogP contribution in [0.2, 0.25) is 0 Å². The number of fused-ring (bicyclic) bond motifs is 1. The Kier molecular flexibility index (Phi) is 7.22. The van der Waals surface area contributed by atoms with Crippen LogP contribution in [0.5, 0.6) is 5.75 Å². The number of aromatic nitrogens is 1. The van der Waals surface area contributed by atoms with Crippen molar-refractivity contribution in [1.82, 2.24) is 9.47 Å². The fourth-order valence-corrected chi connectivity index (χ4v) is 4.59. The first-order valence-electron chi connectivity index (χ1n) is 11.1. The molecular weight excluding hydrogens is 415 g/mol. The lowest BCUT2D eigenvalue weighted by molar-refractivity contribution is 0.0347. The van der Waals surface area contributed by atoms with E-state index in [1.165, 1.54) is 19.2 Å². The number of pyridine rings is 1. The zero-order valence-corrected chi connectivity index (χ0v) is 18.3. The van der Waals surface area contributed by atoms with Gasteiger partial charge in [0.2, 0.25) is 0 Å². The van der Waals surface area contributed by atoms with Gasteiger partial charge in [0, 0.05) is 63.5 Å². The first-order chi connectivity index (χ1) is 15.6. The number of ether oxygens (including phenoxy) is 3. The predicted octanol–water partition coefficient (Wildman–Crippen LogP) is 2.43. The molecule has 32 heavy (non-hydrogen) atoms. The van der Waals surface area contributed by atoms with E-state index in [-0.39, 0.29) is 29.3 Å². The molecule has 0 bridgehead atoms. The van der Waals surface area contributed by atoms with E-state index in [0.29, 0.717) is 36.7 Å². The van der Waals surface area contributed by atoms with Crippen molar-refractivity contribution >= 4 is 5.97 Å². The van der Waals surface area contributed by atoms with Gasteiger partial charge < -0.3 is 18.8 Å². The Labute approximate surface area is 186 Å². The zero-order valence-electron chi connectivity index (χ0n) is 18.3. The maximum absolute atomic E-state index is 13.9. The summed E-state index contributed by atoms with van der Waals surface area (Å²) < 4.78 is 31.9. The lowest BCUT2D eigenvalue weighted by Gasteiger charge is -2.33. The lowest BCUT2D eigenvalue weighted by Crippen LogP contribution is -2.41. The number of nitrogens with zero attached hydrogens (tertiary/aromatic N) is 2. The number of carbonyl (C=O) groups is 1. The number of hydrogen-bond acceptors (Lipinski definition) is 6. The van der Waals surface area contributed by atoms with Gasteiger partial charge in [-0.05, 0) is 24.5 Å². The number of esters is 1. The highest BCUT2D eigenvalue weighted by Gasteiger charge is 2.29. The summed E-state index contributed by atoms with van der Waals surface area (Å²) in [7, 11) is 1.32. The van der Waals surface area contributed by atoms with E-state index in [0.717, 1.165) is 39.1 Å². The molecule has 0 saturated carbocycles. The summed E-state index contributed by atoms with van der Waals surface area (Å²) in [5.41, 5.74) is 1.24. The van der Waals surface area contributed by atoms with Crippen molar-refractivity contribution in [2.75, 3.05) is 40.0 Å². The molecule has 0 N–H and O–H groups in total. The third-order valence-corrected chi connectivity index (χ3v) is 6.31. The van der Waals surface area contributed by atoms with Gasteiger partial charge in [0.1, 0.15) is 17.1 Å². The number of benzene rings is 1. The average Bonchev–Trinajstić information content (AvgIpc) is 3.04. The molecule has 0 aliphatic carbocycles. The van der Waals surface area contributed by atoms with Crippen molar-refractivity contribution in [1.29, 1.82) is 0 Å². The van der Waals surface area contributed by atoms with Crippen LogP contribution in [0, 0.1) is 5.82 Å². The summed E-state index contributed by atoms with van der Waals surface area (Å²) in [6.07, 6.45) is 2.81. The third kappa shape index (κ3) is 4.86. The van der Waals surface area contributed by atoms with E-state index in [4.69, 9.17) is 14.2 Å². The van der Waals surface area contributed by atoms with Crippen LogP contribution >= 0.6 is 0 Å². The molecule has 0 amide bonds. The van der Waals surface area contributed by atoms with Crippen LogP contribution < -0.4 is 10.3 Å². The minimum atomic E-state index is -0.533. The summed E-state index contributed by atoms with van der Waals surface area (Å²) in [4.78, 5) is 28.0. The van der Waals surface area contributed by atoms with Gasteiger partial charge >= 0.3 is 5.97 Å². The first kappa shape index (κ1) is 22.5. The standard InChI is InChI=1S/C24H29FN2O5/c1-30-24(29)23-20-6-10-26(18-8-13-31-14-9-18)11-12-27(20)22(28)16-21(23)32-15-7-17-4-2-3-5-19(17)25/h2-5,16,18H,6-15H2,1H3. The van der Waals surface area contributed by atoms with Crippen molar-refractivity contribution in [2.24, 2.45) is 0 Å². The maximum Gasteiger partial charge on any atom is 0.343 e. The molecule has 0 spiro atoms. The Morgan fingerprint density at radius 1 is 1.19 bits per heavy atom. The van der Waals surface area contributed by atoms with E-state index in [2.05, 4.69) is 4.90 Å². The van der Waals surface area contributed by atoms with Gasteiger partial charge in [-0.15, -0.1) is 0 Å². The van der Waals surface area contributed by atoms with E-state index in [1.807, 2.05) is 0 Å². The highest BCUT2D eigenvalue weighted by atomic mass is 19.1. The lowest BCUT2D eigenvalue weighted by atomic mass is 10.1. The second-order valence-electron chi connectivity index (χ2n) is 8.13. The average molecular weight is 445 g/mol.